The average Bonchev–Trinajstić information content (AvgIpc) is 3.18. The predicted molar refractivity (Wildman–Crippen MR) is 197 cm³/mol. The minimum absolute atomic E-state index is 0.635. The van der Waals surface area contributed by atoms with E-state index in [4.69, 9.17) is 15.0 Å². The van der Waals surface area contributed by atoms with Crippen LogP contribution in [0.15, 0.2) is 170 Å². The molecule has 0 aliphatic heterocycles. The van der Waals surface area contributed by atoms with Crippen molar-refractivity contribution < 1.29 is 0 Å². The summed E-state index contributed by atoms with van der Waals surface area (Å²) in [5.74, 6) is 1.92. The maximum atomic E-state index is 5.01. The first-order chi connectivity index (χ1) is 23.8. The zero-order valence-electron chi connectivity index (χ0n) is 26.0. The fourth-order valence-corrected chi connectivity index (χ4v) is 6.59. The van der Waals surface area contributed by atoms with Crippen LogP contribution in [0.2, 0.25) is 0 Å². The highest BCUT2D eigenvalue weighted by Gasteiger charge is 2.15. The van der Waals surface area contributed by atoms with Crippen LogP contribution in [0.25, 0.3) is 88.7 Å². The Balaban J connectivity index is 1.17. The molecule has 2 heterocycles. The minimum atomic E-state index is 0.635. The maximum absolute atomic E-state index is 5.01. The molecular weight excluding hydrogens is 585 g/mol. The maximum Gasteiger partial charge on any atom is 0.164 e. The van der Waals surface area contributed by atoms with Gasteiger partial charge in [-0.3, -0.25) is 4.98 Å². The highest BCUT2D eigenvalue weighted by molar-refractivity contribution is 6.22. The molecule has 0 N–H and O–H groups in total. The molecule has 4 heteroatoms. The summed E-state index contributed by atoms with van der Waals surface area (Å²) in [7, 11) is 0. The van der Waals surface area contributed by atoms with Gasteiger partial charge in [-0.1, -0.05) is 146 Å². The quantitative estimate of drug-likeness (QED) is 0.181. The summed E-state index contributed by atoms with van der Waals surface area (Å²) in [4.78, 5) is 19.4. The fraction of sp³-hybridized carbons (Fsp3) is 0. The van der Waals surface area contributed by atoms with Crippen LogP contribution in [0.4, 0.5) is 0 Å². The molecule has 9 aromatic rings. The lowest BCUT2D eigenvalue weighted by atomic mass is 9.90. The van der Waals surface area contributed by atoms with Gasteiger partial charge in [0.25, 0.3) is 0 Å². The summed E-state index contributed by atoms with van der Waals surface area (Å²) in [6.45, 7) is 0. The summed E-state index contributed by atoms with van der Waals surface area (Å²) in [5, 5.41) is 7.20. The monoisotopic (exact) mass is 612 g/mol. The summed E-state index contributed by atoms with van der Waals surface area (Å²) >= 11 is 0. The van der Waals surface area contributed by atoms with E-state index in [9.17, 15) is 0 Å². The molecule has 7 aromatic carbocycles. The molecule has 0 radical (unpaired) electrons. The number of hydrogen-bond acceptors (Lipinski definition) is 4. The molecular formula is C44H28N4. The Hall–Kier alpha value is -6.52. The van der Waals surface area contributed by atoms with Crippen molar-refractivity contribution in [3.8, 4) is 56.4 Å². The van der Waals surface area contributed by atoms with Crippen molar-refractivity contribution in [2.75, 3.05) is 0 Å². The molecule has 0 atom stereocenters. The number of hydrogen-bond donors (Lipinski definition) is 0. The standard InChI is InChI=1S/C44H28N4/c1-3-9-29(10-4-1)30-15-19-34(20-16-30)43-46-42(33-11-5-2-6-12-33)47-44(48-43)35-21-17-31(18-22-35)39-27-36-13-7-8-14-37(36)38-24-23-32-25-26-45-28-40(32)41(38)39/h1-28H. The highest BCUT2D eigenvalue weighted by atomic mass is 15.0. The Bertz CT molecular complexity index is 2580. The lowest BCUT2D eigenvalue weighted by Gasteiger charge is -2.14. The largest absolute Gasteiger partial charge is 0.264 e. The molecule has 224 valence electrons. The Morgan fingerprint density at radius 2 is 0.854 bits per heavy atom. The molecule has 2 aromatic heterocycles. The predicted octanol–water partition coefficient (Wildman–Crippen LogP) is 11.1. The van der Waals surface area contributed by atoms with E-state index in [0.29, 0.717) is 17.5 Å². The van der Waals surface area contributed by atoms with Crippen LogP contribution in [0.1, 0.15) is 0 Å². The van der Waals surface area contributed by atoms with E-state index in [1.54, 1.807) is 0 Å². The second-order valence-electron chi connectivity index (χ2n) is 11.9. The van der Waals surface area contributed by atoms with Crippen LogP contribution in [0.5, 0.6) is 0 Å². The Morgan fingerprint density at radius 3 is 1.52 bits per heavy atom. The number of aromatic nitrogens is 4. The molecule has 0 saturated heterocycles. The smallest absolute Gasteiger partial charge is 0.164 e. The van der Waals surface area contributed by atoms with Gasteiger partial charge in [0, 0.05) is 34.5 Å². The van der Waals surface area contributed by atoms with Gasteiger partial charge < -0.3 is 0 Å². The zero-order valence-corrected chi connectivity index (χ0v) is 26.0. The lowest BCUT2D eigenvalue weighted by molar-refractivity contribution is 1.07. The van der Waals surface area contributed by atoms with E-state index in [1.165, 1.54) is 38.1 Å². The van der Waals surface area contributed by atoms with Crippen molar-refractivity contribution in [1.82, 2.24) is 19.9 Å². The van der Waals surface area contributed by atoms with Crippen LogP contribution in [-0.4, -0.2) is 19.9 Å². The van der Waals surface area contributed by atoms with Crippen LogP contribution >= 0.6 is 0 Å². The molecule has 9 rings (SSSR count). The first-order valence-corrected chi connectivity index (χ1v) is 16.0. The molecule has 0 bridgehead atoms. The van der Waals surface area contributed by atoms with Gasteiger partial charge in [0.2, 0.25) is 0 Å². The van der Waals surface area contributed by atoms with Crippen LogP contribution < -0.4 is 0 Å². The second-order valence-corrected chi connectivity index (χ2v) is 11.9. The Morgan fingerprint density at radius 1 is 0.333 bits per heavy atom. The average molecular weight is 613 g/mol. The van der Waals surface area contributed by atoms with Crippen molar-refractivity contribution in [3.63, 3.8) is 0 Å². The fourth-order valence-electron chi connectivity index (χ4n) is 6.59. The van der Waals surface area contributed by atoms with E-state index in [-0.39, 0.29) is 0 Å². The van der Waals surface area contributed by atoms with E-state index >= 15 is 0 Å². The van der Waals surface area contributed by atoms with Gasteiger partial charge in [-0.25, -0.2) is 15.0 Å². The highest BCUT2D eigenvalue weighted by Crippen LogP contribution is 2.39. The summed E-state index contributed by atoms with van der Waals surface area (Å²) in [5.41, 5.74) is 7.44. The first-order valence-electron chi connectivity index (χ1n) is 16.0. The topological polar surface area (TPSA) is 51.6 Å². The van der Waals surface area contributed by atoms with E-state index in [2.05, 4.69) is 126 Å². The van der Waals surface area contributed by atoms with Crippen molar-refractivity contribution in [3.05, 3.63) is 170 Å². The van der Waals surface area contributed by atoms with Gasteiger partial charge >= 0.3 is 0 Å². The van der Waals surface area contributed by atoms with Crippen molar-refractivity contribution in [1.29, 1.82) is 0 Å². The Kier molecular flexibility index (Phi) is 6.76. The van der Waals surface area contributed by atoms with Gasteiger partial charge in [0.15, 0.2) is 17.5 Å². The number of pyridine rings is 1. The molecule has 0 unspecified atom stereocenters. The molecule has 4 nitrogen and oxygen atoms in total. The van der Waals surface area contributed by atoms with Gasteiger partial charge in [-0.15, -0.1) is 0 Å². The molecule has 0 aliphatic carbocycles. The molecule has 0 fully saturated rings. The molecule has 0 saturated carbocycles. The van der Waals surface area contributed by atoms with Gasteiger partial charge in [-0.05, 0) is 61.3 Å². The third kappa shape index (κ3) is 4.97. The first kappa shape index (κ1) is 27.8. The van der Waals surface area contributed by atoms with E-state index in [1.807, 2.05) is 48.8 Å². The summed E-state index contributed by atoms with van der Waals surface area (Å²) in [6.07, 6.45) is 3.84. The van der Waals surface area contributed by atoms with Crippen molar-refractivity contribution in [2.24, 2.45) is 0 Å². The second kappa shape index (κ2) is 11.7. The number of fused-ring (bicyclic) bond motifs is 5. The minimum Gasteiger partial charge on any atom is -0.264 e. The molecule has 0 spiro atoms. The Labute approximate surface area is 278 Å². The normalized spacial score (nSPS) is 11.3. The van der Waals surface area contributed by atoms with Crippen LogP contribution in [-0.2, 0) is 0 Å². The molecule has 0 aliphatic rings. The number of benzene rings is 7. The summed E-state index contributed by atoms with van der Waals surface area (Å²) in [6, 6.07) is 54.9. The van der Waals surface area contributed by atoms with Gasteiger partial charge in [-0.2, -0.15) is 0 Å². The zero-order chi connectivity index (χ0) is 31.9. The summed E-state index contributed by atoms with van der Waals surface area (Å²) < 4.78 is 0. The van der Waals surface area contributed by atoms with E-state index < -0.39 is 0 Å². The lowest BCUT2D eigenvalue weighted by Crippen LogP contribution is -2.00. The van der Waals surface area contributed by atoms with Crippen LogP contribution in [0, 0.1) is 0 Å². The number of nitrogens with zero attached hydrogens (tertiary/aromatic N) is 4. The van der Waals surface area contributed by atoms with Crippen LogP contribution in [0.3, 0.4) is 0 Å². The van der Waals surface area contributed by atoms with Crippen molar-refractivity contribution in [2.45, 2.75) is 0 Å². The SMILES string of the molecule is c1ccc(-c2ccc(-c3nc(-c4ccccc4)nc(-c4ccc(-c5cc6ccccc6c6ccc7ccncc7c56)cc4)n3)cc2)cc1. The van der Waals surface area contributed by atoms with Gasteiger partial charge in [0.1, 0.15) is 0 Å². The third-order valence-corrected chi connectivity index (χ3v) is 9.01. The molecule has 0 amide bonds. The van der Waals surface area contributed by atoms with Gasteiger partial charge in [0.05, 0.1) is 0 Å². The van der Waals surface area contributed by atoms with E-state index in [0.717, 1.165) is 33.2 Å². The molecule has 48 heavy (non-hydrogen) atoms. The number of rotatable bonds is 5. The van der Waals surface area contributed by atoms with Crippen molar-refractivity contribution >= 4 is 32.3 Å². The third-order valence-electron chi connectivity index (χ3n) is 9.01.